The lowest BCUT2D eigenvalue weighted by molar-refractivity contribution is 0.176. The lowest BCUT2D eigenvalue weighted by Crippen LogP contribution is -2.39. The van der Waals surface area contributed by atoms with Crippen molar-refractivity contribution in [2.24, 2.45) is 0 Å². The minimum Gasteiger partial charge on any atom is -0.491 e. The highest BCUT2D eigenvalue weighted by Gasteiger charge is 2.36. The van der Waals surface area contributed by atoms with Crippen molar-refractivity contribution in [2.75, 3.05) is 13.1 Å². The van der Waals surface area contributed by atoms with Crippen LogP contribution in [0.1, 0.15) is 31.7 Å². The summed E-state index contributed by atoms with van der Waals surface area (Å²) < 4.78 is 37.8. The summed E-state index contributed by atoms with van der Waals surface area (Å²) in [7, 11) is -3.63. The molecule has 5 nitrogen and oxygen atoms in total. The Morgan fingerprint density at radius 2 is 1.93 bits per heavy atom. The predicted octanol–water partition coefficient (Wildman–Crippen LogP) is 3.57. The van der Waals surface area contributed by atoms with E-state index in [1.807, 2.05) is 19.9 Å². The van der Waals surface area contributed by atoms with Gasteiger partial charge in [0.2, 0.25) is 9.84 Å². The van der Waals surface area contributed by atoms with Gasteiger partial charge in [0.05, 0.1) is 15.9 Å². The third-order valence-corrected chi connectivity index (χ3v) is 6.64. The maximum absolute atomic E-state index is 13.1. The van der Waals surface area contributed by atoms with Crippen LogP contribution >= 0.6 is 12.4 Å². The van der Waals surface area contributed by atoms with Crippen molar-refractivity contribution in [3.8, 4) is 11.5 Å². The van der Waals surface area contributed by atoms with E-state index in [2.05, 4.69) is 5.32 Å². The fourth-order valence-corrected chi connectivity index (χ4v) is 5.00. The molecule has 0 radical (unpaired) electrons. The number of benzene rings is 2. The first kappa shape index (κ1) is 20.0. The molecular formula is C20H24ClNO4S. The van der Waals surface area contributed by atoms with Gasteiger partial charge in [0.1, 0.15) is 17.6 Å². The van der Waals surface area contributed by atoms with Gasteiger partial charge in [-0.25, -0.2) is 8.42 Å². The van der Waals surface area contributed by atoms with E-state index in [0.29, 0.717) is 17.4 Å². The van der Waals surface area contributed by atoms with Crippen LogP contribution in [0.25, 0.3) is 0 Å². The Morgan fingerprint density at radius 1 is 1.15 bits per heavy atom. The van der Waals surface area contributed by atoms with Gasteiger partial charge in [-0.15, -0.1) is 12.4 Å². The summed E-state index contributed by atoms with van der Waals surface area (Å²) in [6.45, 7) is 5.59. The normalized spacial score (nSPS) is 21.0. The van der Waals surface area contributed by atoms with Gasteiger partial charge < -0.3 is 14.8 Å². The fraction of sp³-hybridized carbons (Fsp3) is 0.400. The molecule has 0 bridgehead atoms. The molecule has 27 heavy (non-hydrogen) atoms. The van der Waals surface area contributed by atoms with Crippen LogP contribution < -0.4 is 14.8 Å². The molecule has 2 aromatic rings. The quantitative estimate of drug-likeness (QED) is 0.836. The van der Waals surface area contributed by atoms with Gasteiger partial charge in [0, 0.05) is 18.0 Å². The molecule has 7 heteroatoms. The maximum atomic E-state index is 13.1. The molecule has 4 rings (SSSR count). The second-order valence-corrected chi connectivity index (χ2v) is 9.05. The number of piperidine rings is 1. The summed E-state index contributed by atoms with van der Waals surface area (Å²) in [4.78, 5) is 0.484. The van der Waals surface area contributed by atoms with E-state index in [0.717, 1.165) is 25.1 Å². The van der Waals surface area contributed by atoms with Crippen LogP contribution in [0.4, 0.5) is 0 Å². The average Bonchev–Trinajstić information content (AvgIpc) is 2.99. The van der Waals surface area contributed by atoms with Crippen LogP contribution in [0.3, 0.4) is 0 Å². The van der Waals surface area contributed by atoms with Gasteiger partial charge >= 0.3 is 0 Å². The predicted molar refractivity (Wildman–Crippen MR) is 106 cm³/mol. The Balaban J connectivity index is 0.00000210. The number of sulfone groups is 1. The number of nitrogens with one attached hydrogen (secondary N) is 1. The minimum atomic E-state index is -3.63. The Hall–Kier alpha value is -1.76. The third kappa shape index (κ3) is 3.79. The lowest BCUT2D eigenvalue weighted by atomic mass is 9.90. The van der Waals surface area contributed by atoms with Gasteiger partial charge in [-0.1, -0.05) is 12.1 Å². The molecule has 0 aliphatic carbocycles. The molecule has 0 aromatic heterocycles. The van der Waals surface area contributed by atoms with Crippen molar-refractivity contribution in [3.63, 3.8) is 0 Å². The summed E-state index contributed by atoms with van der Waals surface area (Å²) in [5.41, 5.74) is 1.12. The van der Waals surface area contributed by atoms with E-state index in [9.17, 15) is 8.42 Å². The molecule has 2 aliphatic heterocycles. The average molecular weight is 410 g/mol. The molecule has 146 valence electrons. The van der Waals surface area contributed by atoms with Crippen LogP contribution in [0.5, 0.6) is 11.5 Å². The molecule has 0 saturated carbocycles. The molecular weight excluding hydrogens is 386 g/mol. The maximum Gasteiger partial charge on any atom is 0.206 e. The van der Waals surface area contributed by atoms with E-state index in [4.69, 9.17) is 9.47 Å². The van der Waals surface area contributed by atoms with Crippen molar-refractivity contribution >= 4 is 22.2 Å². The Kier molecular flexibility index (Phi) is 5.70. The molecule has 2 heterocycles. The van der Waals surface area contributed by atoms with Crippen molar-refractivity contribution in [1.29, 1.82) is 0 Å². The topological polar surface area (TPSA) is 64.6 Å². The molecule has 1 N–H and O–H groups in total. The van der Waals surface area contributed by atoms with Crippen LogP contribution in [0.2, 0.25) is 0 Å². The van der Waals surface area contributed by atoms with Gasteiger partial charge in [-0.3, -0.25) is 0 Å². The summed E-state index contributed by atoms with van der Waals surface area (Å²) >= 11 is 0. The number of hydrogen-bond acceptors (Lipinski definition) is 5. The zero-order chi connectivity index (χ0) is 18.3. The molecule has 2 atom stereocenters. The first-order valence-corrected chi connectivity index (χ1v) is 10.5. The molecule has 0 spiro atoms. The van der Waals surface area contributed by atoms with Crippen LogP contribution in [-0.4, -0.2) is 33.7 Å². The molecule has 0 amide bonds. The molecule has 1 saturated heterocycles. The van der Waals surface area contributed by atoms with Crippen molar-refractivity contribution in [1.82, 2.24) is 5.32 Å². The first-order valence-electron chi connectivity index (χ1n) is 8.98. The molecule has 2 aliphatic rings. The van der Waals surface area contributed by atoms with Gasteiger partial charge in [-0.2, -0.15) is 0 Å². The highest BCUT2D eigenvalue weighted by atomic mass is 35.5. The standard InChI is InChI=1S/C20H23NO4S.ClH/c1-13(2)24-14-4-3-5-15(10-14)26(22,23)16-6-7-17-18-8-9-21-12-20(18)25-19(17)11-16;/h3-7,10-11,13,18,20-21H,8-9,12H2,1-2H3;1H/t18-,20-;/m0./s1. The first-order chi connectivity index (χ1) is 12.4. The summed E-state index contributed by atoms with van der Waals surface area (Å²) in [5.74, 6) is 1.60. The summed E-state index contributed by atoms with van der Waals surface area (Å²) in [6.07, 6.45) is 1.09. The van der Waals surface area contributed by atoms with Crippen molar-refractivity contribution < 1.29 is 17.9 Å². The number of fused-ring (bicyclic) bond motifs is 3. The van der Waals surface area contributed by atoms with E-state index < -0.39 is 9.84 Å². The summed E-state index contributed by atoms with van der Waals surface area (Å²) in [6, 6.07) is 11.9. The number of halogens is 1. The zero-order valence-electron chi connectivity index (χ0n) is 15.3. The lowest BCUT2D eigenvalue weighted by Gasteiger charge is -2.24. The Bertz CT molecular complexity index is 929. The van der Waals surface area contributed by atoms with Crippen LogP contribution in [0.15, 0.2) is 52.3 Å². The highest BCUT2D eigenvalue weighted by Crippen LogP contribution is 2.42. The van der Waals surface area contributed by atoms with Crippen molar-refractivity contribution in [2.45, 2.75) is 48.2 Å². The van der Waals surface area contributed by atoms with Gasteiger partial charge in [0.25, 0.3) is 0 Å². The van der Waals surface area contributed by atoms with E-state index >= 15 is 0 Å². The number of rotatable bonds is 4. The largest absolute Gasteiger partial charge is 0.491 e. The Labute approximate surface area is 166 Å². The monoisotopic (exact) mass is 409 g/mol. The number of ether oxygens (including phenoxy) is 2. The number of hydrogen-bond donors (Lipinski definition) is 1. The highest BCUT2D eigenvalue weighted by molar-refractivity contribution is 7.91. The second-order valence-electron chi connectivity index (χ2n) is 7.10. The molecule has 1 fully saturated rings. The molecule has 2 aromatic carbocycles. The minimum absolute atomic E-state index is 0. The second kappa shape index (κ2) is 7.70. The fourth-order valence-electron chi connectivity index (χ4n) is 3.69. The Morgan fingerprint density at radius 3 is 2.70 bits per heavy atom. The zero-order valence-corrected chi connectivity index (χ0v) is 17.0. The van der Waals surface area contributed by atoms with E-state index in [1.165, 1.54) is 0 Å². The van der Waals surface area contributed by atoms with E-state index in [1.54, 1.807) is 36.4 Å². The summed E-state index contributed by atoms with van der Waals surface area (Å²) in [5, 5.41) is 3.33. The third-order valence-electron chi connectivity index (χ3n) is 4.89. The SMILES string of the molecule is CC(C)Oc1cccc(S(=O)(=O)c2ccc3c(c2)O[C@H]2CNCC[C@@H]32)c1.Cl. The van der Waals surface area contributed by atoms with Gasteiger partial charge in [-0.05, 0) is 57.1 Å². The van der Waals surface area contributed by atoms with E-state index in [-0.39, 0.29) is 34.4 Å². The molecule has 0 unspecified atom stereocenters. The van der Waals surface area contributed by atoms with Crippen LogP contribution in [0, 0.1) is 0 Å². The smallest absolute Gasteiger partial charge is 0.206 e. The van der Waals surface area contributed by atoms with Gasteiger partial charge in [0.15, 0.2) is 0 Å². The van der Waals surface area contributed by atoms with Crippen molar-refractivity contribution in [3.05, 3.63) is 48.0 Å². The van der Waals surface area contributed by atoms with Crippen LogP contribution in [-0.2, 0) is 9.84 Å².